The molecule has 0 spiro atoms. The van der Waals surface area contributed by atoms with Crippen LogP contribution in [-0.4, -0.2) is 5.92 Å². The van der Waals surface area contributed by atoms with Gasteiger partial charge >= 0.3 is 406 Å². The van der Waals surface area contributed by atoms with Crippen molar-refractivity contribution in [1.29, 1.82) is 0 Å². The van der Waals surface area contributed by atoms with Crippen LogP contribution in [0.4, 0.5) is 0 Å². The molecule has 0 aliphatic heterocycles. The third-order valence-electron chi connectivity index (χ3n) is 14.4. The first-order valence-corrected chi connectivity index (χ1v) is 34.2. The zero-order chi connectivity index (χ0) is 45.3. The van der Waals surface area contributed by atoms with Crippen molar-refractivity contribution in [3.05, 3.63) is 249 Å². The second-order valence-electron chi connectivity index (χ2n) is 19.4. The van der Waals surface area contributed by atoms with E-state index < -0.39 is 26.8 Å². The van der Waals surface area contributed by atoms with Crippen LogP contribution in [-0.2, 0) is 33.8 Å². The molecular formula is C64H61SiZr. The Morgan fingerprint density at radius 3 is 0.970 bits per heavy atom. The summed E-state index contributed by atoms with van der Waals surface area (Å²) < 4.78 is 0.897. The zero-order valence-electron chi connectivity index (χ0n) is 39.5. The van der Waals surface area contributed by atoms with E-state index in [0.717, 1.165) is 25.7 Å². The summed E-state index contributed by atoms with van der Waals surface area (Å²) in [5, 5.41) is 0. The minimum absolute atomic E-state index is 0.449. The fraction of sp³-hybridized carbons (Fsp3) is 0.188. The van der Waals surface area contributed by atoms with Crippen molar-refractivity contribution in [2.75, 3.05) is 0 Å². The van der Waals surface area contributed by atoms with Crippen molar-refractivity contribution in [3.63, 3.8) is 0 Å². The summed E-state index contributed by atoms with van der Waals surface area (Å²) in [4.78, 5) is 0. The Kier molecular flexibility index (Phi) is 12.9. The number of allylic oxidation sites excluding steroid dienone is 2. The monoisotopic (exact) mass is 947 g/mol. The quantitative estimate of drug-likeness (QED) is 0.101. The van der Waals surface area contributed by atoms with Crippen LogP contribution in [0.15, 0.2) is 193 Å². The average molecular weight is 950 g/mol. The molecule has 0 heterocycles. The van der Waals surface area contributed by atoms with Gasteiger partial charge in [0.05, 0.1) is 0 Å². The normalized spacial score (nSPS) is 15.1. The van der Waals surface area contributed by atoms with Crippen molar-refractivity contribution in [2.45, 2.75) is 73.7 Å². The maximum absolute atomic E-state index is 2.75. The summed E-state index contributed by atoms with van der Waals surface area (Å²) in [6, 6.07) is 69.9. The molecular weight excluding hydrogens is 888 g/mol. The van der Waals surface area contributed by atoms with E-state index in [-0.39, 0.29) is 0 Å². The van der Waals surface area contributed by atoms with Crippen LogP contribution in [0, 0.1) is 27.7 Å². The van der Waals surface area contributed by atoms with Crippen molar-refractivity contribution in [1.82, 2.24) is 0 Å². The topological polar surface area (TPSA) is 0 Å². The average Bonchev–Trinajstić information content (AvgIpc) is 3.91. The first kappa shape index (κ1) is 44.2. The van der Waals surface area contributed by atoms with Crippen molar-refractivity contribution in [3.8, 4) is 44.5 Å². The maximum atomic E-state index is 2.75. The Morgan fingerprint density at radius 2 is 0.652 bits per heavy atom. The molecule has 0 saturated heterocycles. The molecule has 66 heavy (non-hydrogen) atoms. The van der Waals surface area contributed by atoms with Gasteiger partial charge in [-0.1, -0.05) is 0 Å². The molecule has 2 heteroatoms. The van der Waals surface area contributed by atoms with Gasteiger partial charge in [-0.3, -0.25) is 0 Å². The molecule has 0 radical (unpaired) electrons. The standard InChI is InChI=1S/2C31H27.C2H7Si.Zr/c2*1-22-8-14-26(15-9-22)28-18-19-29(27-16-10-23(2)11-17-27)31-21-25(20-30(28)31)13-12-24-6-4-3-5-7-24;1-3-2;/h2*3-11,14-21H,12-13H2,1-2H3;3H,1-2H3;. The van der Waals surface area contributed by atoms with E-state index in [2.05, 4.69) is 235 Å². The van der Waals surface area contributed by atoms with E-state index in [4.69, 9.17) is 0 Å². The second kappa shape index (κ2) is 19.3. The van der Waals surface area contributed by atoms with E-state index in [1.54, 1.807) is 22.3 Å². The summed E-state index contributed by atoms with van der Waals surface area (Å²) in [5.41, 5.74) is 28.6. The van der Waals surface area contributed by atoms with Gasteiger partial charge in [0.25, 0.3) is 0 Å². The van der Waals surface area contributed by atoms with Crippen LogP contribution >= 0.6 is 0 Å². The number of benzene rings is 8. The molecule has 325 valence electrons. The molecule has 0 aromatic heterocycles. The molecule has 2 aliphatic rings. The molecule has 0 nitrogen and oxygen atoms in total. The van der Waals surface area contributed by atoms with Crippen LogP contribution < -0.4 is 0 Å². The van der Waals surface area contributed by atoms with Crippen molar-refractivity contribution >= 4 is 18.1 Å². The molecule has 0 amide bonds. The van der Waals surface area contributed by atoms with E-state index >= 15 is 0 Å². The summed E-state index contributed by atoms with van der Waals surface area (Å²) in [6.45, 7) is 14.3. The molecule has 8 aromatic rings. The Balaban J connectivity index is 1.24. The Bertz CT molecular complexity index is 2840. The molecule has 0 N–H and O–H groups in total. The van der Waals surface area contributed by atoms with Gasteiger partial charge in [-0.2, -0.15) is 0 Å². The predicted molar refractivity (Wildman–Crippen MR) is 283 cm³/mol. The molecule has 0 fully saturated rings. The molecule has 10 rings (SSSR count). The number of hydrogen-bond donors (Lipinski definition) is 0. The van der Waals surface area contributed by atoms with Gasteiger partial charge in [0.15, 0.2) is 0 Å². The van der Waals surface area contributed by atoms with Gasteiger partial charge in [-0.15, -0.1) is 0 Å². The van der Waals surface area contributed by atoms with Gasteiger partial charge in [0, 0.05) is 0 Å². The molecule has 0 bridgehead atoms. The molecule has 2 atom stereocenters. The number of aryl methyl sites for hydroxylation is 6. The zero-order valence-corrected chi connectivity index (χ0v) is 43.1. The van der Waals surface area contributed by atoms with Crippen molar-refractivity contribution < 1.29 is 20.9 Å². The summed E-state index contributed by atoms with van der Waals surface area (Å²) in [7, 11) is 0. The first-order valence-electron chi connectivity index (χ1n) is 24.2. The van der Waals surface area contributed by atoms with Gasteiger partial charge in [-0.25, -0.2) is 0 Å². The van der Waals surface area contributed by atoms with Crippen LogP contribution in [0.3, 0.4) is 0 Å². The van der Waals surface area contributed by atoms with Gasteiger partial charge in [0.2, 0.25) is 0 Å². The van der Waals surface area contributed by atoms with Gasteiger partial charge in [-0.05, 0) is 0 Å². The van der Waals surface area contributed by atoms with E-state index in [1.807, 2.05) is 0 Å². The van der Waals surface area contributed by atoms with Crippen molar-refractivity contribution in [2.24, 2.45) is 0 Å². The second-order valence-corrected chi connectivity index (χ2v) is 39.4. The molecule has 8 aromatic carbocycles. The summed E-state index contributed by atoms with van der Waals surface area (Å²) >= 11 is -2.75. The van der Waals surface area contributed by atoms with Crippen LogP contribution in [0.5, 0.6) is 0 Å². The van der Waals surface area contributed by atoms with E-state index in [9.17, 15) is 0 Å². The van der Waals surface area contributed by atoms with Crippen LogP contribution in [0.2, 0.25) is 13.1 Å². The Morgan fingerprint density at radius 1 is 0.348 bits per heavy atom. The summed E-state index contributed by atoms with van der Waals surface area (Å²) in [6.07, 6.45) is 9.70. The van der Waals surface area contributed by atoms with E-state index in [0.29, 0.717) is 7.25 Å². The van der Waals surface area contributed by atoms with Gasteiger partial charge in [0.1, 0.15) is 0 Å². The number of hydrogen-bond acceptors (Lipinski definition) is 0. The fourth-order valence-corrected chi connectivity index (χ4v) is 33.8. The summed E-state index contributed by atoms with van der Waals surface area (Å²) in [5.74, 6) is -1.31. The Hall–Kier alpha value is -5.66. The number of fused-ring (bicyclic) bond motifs is 2. The SMILES string of the molecule is Cc1ccc(-c2ccc(-c3ccc(C)cc3)c3c2C=C(CCc2ccccc2)[CH]3[Zr]([CH]2C(CCc3ccccc3)=Cc3c(-c4ccc(C)cc4)ccc(-c4ccc(C)cc4)c32)[SiH](C)C)cc1. The first-order chi connectivity index (χ1) is 32.2. The fourth-order valence-electron chi connectivity index (χ4n) is 10.9. The predicted octanol–water partition coefficient (Wildman–Crippen LogP) is 17.0. The van der Waals surface area contributed by atoms with E-state index in [1.165, 1.54) is 89.0 Å². The third-order valence-corrected chi connectivity index (χ3v) is 36.1. The van der Waals surface area contributed by atoms with Gasteiger partial charge < -0.3 is 0 Å². The molecule has 0 saturated carbocycles. The Labute approximate surface area is 403 Å². The number of rotatable bonds is 13. The minimum atomic E-state index is -2.75. The molecule has 2 unspecified atom stereocenters. The molecule has 2 aliphatic carbocycles. The van der Waals surface area contributed by atoms with Crippen LogP contribution in [0.1, 0.15) is 75.7 Å². The van der Waals surface area contributed by atoms with Crippen LogP contribution in [0.25, 0.3) is 56.7 Å². The third kappa shape index (κ3) is 8.96.